The van der Waals surface area contributed by atoms with Gasteiger partial charge in [-0.05, 0) is 69.5 Å². The predicted octanol–water partition coefficient (Wildman–Crippen LogP) is 11.0. The zero-order chi connectivity index (χ0) is 44.4. The quantitative estimate of drug-likeness (QED) is 0.139. The molecule has 2 aliphatic rings. The van der Waals surface area contributed by atoms with Gasteiger partial charge in [0, 0.05) is 71.4 Å². The molecule has 6 aromatic carbocycles. The van der Waals surface area contributed by atoms with Gasteiger partial charge in [0.2, 0.25) is 5.91 Å². The maximum absolute atomic E-state index is 13.4. The van der Waals surface area contributed by atoms with E-state index in [0.29, 0.717) is 30.3 Å². The van der Waals surface area contributed by atoms with Crippen LogP contribution in [-0.4, -0.2) is 72.0 Å². The zero-order valence-corrected chi connectivity index (χ0v) is 35.3. The molecule has 0 bridgehead atoms. The van der Waals surface area contributed by atoms with Crippen LogP contribution in [0, 0.1) is 0 Å². The van der Waals surface area contributed by atoms with Crippen LogP contribution in [0.25, 0.3) is 22.3 Å². The Morgan fingerprint density at radius 3 is 1.44 bits per heavy atom. The van der Waals surface area contributed by atoms with Gasteiger partial charge < -0.3 is 10.2 Å². The lowest BCUT2D eigenvalue weighted by Gasteiger charge is -2.41. The van der Waals surface area contributed by atoms with Crippen LogP contribution in [-0.2, 0) is 43.1 Å². The van der Waals surface area contributed by atoms with Gasteiger partial charge in [-0.3, -0.25) is 14.6 Å². The summed E-state index contributed by atoms with van der Waals surface area (Å²) in [5, 5.41) is 3.59. The van der Waals surface area contributed by atoms with Crippen molar-refractivity contribution in [2.75, 3.05) is 39.3 Å². The largest absolute Gasteiger partial charge is 0.417 e. The van der Waals surface area contributed by atoms with E-state index in [4.69, 9.17) is 0 Å². The van der Waals surface area contributed by atoms with Gasteiger partial charge in [0.25, 0.3) is 0 Å². The van der Waals surface area contributed by atoms with Crippen LogP contribution in [0.5, 0.6) is 0 Å². The molecule has 2 fully saturated rings. The number of alkyl halides is 6. The molecule has 0 aliphatic carbocycles. The van der Waals surface area contributed by atoms with Crippen LogP contribution in [0.4, 0.5) is 26.3 Å². The summed E-state index contributed by atoms with van der Waals surface area (Å²) in [4.78, 5) is 18.8. The van der Waals surface area contributed by atoms with Crippen molar-refractivity contribution in [3.8, 4) is 22.3 Å². The molecule has 2 saturated heterocycles. The van der Waals surface area contributed by atoms with Crippen molar-refractivity contribution in [3.63, 3.8) is 0 Å². The molecular weight excluding hydrogens is 811 g/mol. The highest BCUT2D eigenvalue weighted by atomic mass is 19.4. The fourth-order valence-electron chi connectivity index (χ4n) is 8.67. The smallest absolute Gasteiger partial charge is 0.337 e. The molecule has 11 heteroatoms. The number of hydrogen-bond donors (Lipinski definition) is 1. The third-order valence-electron chi connectivity index (χ3n) is 11.8. The number of carbonyl (C=O) groups is 1. The van der Waals surface area contributed by atoms with E-state index in [9.17, 15) is 31.1 Å². The van der Waals surface area contributed by atoms with Gasteiger partial charge >= 0.3 is 12.4 Å². The molecule has 0 radical (unpaired) electrons. The van der Waals surface area contributed by atoms with Crippen molar-refractivity contribution >= 4 is 5.91 Å². The van der Waals surface area contributed by atoms with E-state index in [-0.39, 0.29) is 23.1 Å². The number of nitrogens with one attached hydrogen (secondary N) is 1. The molecule has 328 valence electrons. The Balaban J connectivity index is 0.000000190. The number of amides is 1. The fraction of sp³-hybridized carbons (Fsp3) is 0.288. The molecule has 0 unspecified atom stereocenters. The van der Waals surface area contributed by atoms with Crippen molar-refractivity contribution in [1.29, 1.82) is 0 Å². The second-order valence-electron chi connectivity index (χ2n) is 16.3. The summed E-state index contributed by atoms with van der Waals surface area (Å²) in [5.74, 6) is 0.0864. The Labute approximate surface area is 366 Å². The second-order valence-corrected chi connectivity index (χ2v) is 16.3. The van der Waals surface area contributed by atoms with Crippen LogP contribution in [0.2, 0.25) is 0 Å². The molecule has 2 aliphatic heterocycles. The molecule has 0 saturated carbocycles. The summed E-state index contributed by atoms with van der Waals surface area (Å²) in [6.45, 7) is 8.16. The molecule has 0 spiro atoms. The van der Waals surface area contributed by atoms with Gasteiger partial charge in [-0.2, -0.15) is 26.3 Å². The highest BCUT2D eigenvalue weighted by Gasteiger charge is 2.34. The molecular formula is C52H52F6N4O. The molecule has 0 aromatic heterocycles. The molecule has 6 aromatic rings. The molecule has 5 nitrogen and oxygen atoms in total. The third-order valence-corrected chi connectivity index (χ3v) is 11.8. The summed E-state index contributed by atoms with van der Waals surface area (Å²) in [7, 11) is 0. The summed E-state index contributed by atoms with van der Waals surface area (Å²) >= 11 is 0. The maximum atomic E-state index is 13.4. The van der Waals surface area contributed by atoms with Crippen molar-refractivity contribution < 1.29 is 31.1 Å². The SMILES string of the molecule is CC(=O)N1CCN(Cc2ccc(-c3ccccc3C(F)(F)F)cc2)C[C@@H]1Cc1ccccc1.FC(F)(F)c1ccccc1-c1ccc(CN2CCN[C@@H](Cc3ccccc3)C2)cc1. The Kier molecular flexibility index (Phi) is 14.8. The number of hydrogen-bond acceptors (Lipinski definition) is 4. The first-order chi connectivity index (χ1) is 30.3. The topological polar surface area (TPSA) is 38.8 Å². The van der Waals surface area contributed by atoms with Gasteiger partial charge in [-0.25, -0.2) is 0 Å². The van der Waals surface area contributed by atoms with Gasteiger partial charge in [0.05, 0.1) is 11.1 Å². The number of piperazine rings is 2. The van der Waals surface area contributed by atoms with Gasteiger partial charge in [0.15, 0.2) is 0 Å². The normalized spacial score (nSPS) is 17.5. The highest BCUT2D eigenvalue weighted by molar-refractivity contribution is 5.74. The van der Waals surface area contributed by atoms with Crippen molar-refractivity contribution in [3.05, 3.63) is 191 Å². The van der Waals surface area contributed by atoms with E-state index in [1.807, 2.05) is 53.4 Å². The van der Waals surface area contributed by atoms with E-state index in [1.54, 1.807) is 43.3 Å². The van der Waals surface area contributed by atoms with E-state index in [1.165, 1.54) is 35.4 Å². The predicted molar refractivity (Wildman–Crippen MR) is 238 cm³/mol. The van der Waals surface area contributed by atoms with E-state index < -0.39 is 23.5 Å². The summed E-state index contributed by atoms with van der Waals surface area (Å²) in [6.07, 6.45) is -6.96. The molecule has 1 N–H and O–H groups in total. The van der Waals surface area contributed by atoms with Gasteiger partial charge in [0.1, 0.15) is 0 Å². The summed E-state index contributed by atoms with van der Waals surface area (Å²) in [5.41, 5.74) is 5.01. The fourth-order valence-corrected chi connectivity index (χ4v) is 8.67. The van der Waals surface area contributed by atoms with Gasteiger partial charge in [-0.15, -0.1) is 0 Å². The Hall–Kier alpha value is -5.75. The first-order valence-electron chi connectivity index (χ1n) is 21.3. The van der Waals surface area contributed by atoms with Crippen molar-refractivity contribution in [2.24, 2.45) is 0 Å². The molecule has 63 heavy (non-hydrogen) atoms. The van der Waals surface area contributed by atoms with Crippen LogP contribution in [0.3, 0.4) is 0 Å². The highest BCUT2D eigenvalue weighted by Crippen LogP contribution is 2.38. The number of benzene rings is 6. The van der Waals surface area contributed by atoms with Crippen molar-refractivity contribution in [1.82, 2.24) is 20.0 Å². The number of nitrogens with zero attached hydrogens (tertiary/aromatic N) is 3. The van der Waals surface area contributed by atoms with Crippen molar-refractivity contribution in [2.45, 2.75) is 57.3 Å². The van der Waals surface area contributed by atoms with Crippen LogP contribution >= 0.6 is 0 Å². The van der Waals surface area contributed by atoms with Crippen LogP contribution < -0.4 is 5.32 Å². The van der Waals surface area contributed by atoms with Crippen LogP contribution in [0.1, 0.15) is 40.3 Å². The Morgan fingerprint density at radius 2 is 0.968 bits per heavy atom. The molecule has 8 rings (SSSR count). The zero-order valence-electron chi connectivity index (χ0n) is 35.3. The van der Waals surface area contributed by atoms with Gasteiger partial charge in [-0.1, -0.05) is 146 Å². The maximum Gasteiger partial charge on any atom is 0.417 e. The minimum Gasteiger partial charge on any atom is -0.337 e. The summed E-state index contributed by atoms with van der Waals surface area (Å²) in [6, 6.07) is 47.3. The van der Waals surface area contributed by atoms with Crippen LogP contribution in [0.15, 0.2) is 158 Å². The number of halogens is 6. The third kappa shape index (κ3) is 12.5. The Bertz CT molecular complexity index is 2370. The lowest BCUT2D eigenvalue weighted by atomic mass is 9.98. The second kappa shape index (κ2) is 20.6. The van der Waals surface area contributed by atoms with E-state index in [0.717, 1.165) is 75.4 Å². The first kappa shape index (κ1) is 45.3. The lowest BCUT2D eigenvalue weighted by molar-refractivity contribution is -0.137. The monoisotopic (exact) mass is 862 g/mol. The summed E-state index contributed by atoms with van der Waals surface area (Å²) < 4.78 is 80.0. The Morgan fingerprint density at radius 1 is 0.524 bits per heavy atom. The average molecular weight is 863 g/mol. The number of rotatable bonds is 10. The first-order valence-corrected chi connectivity index (χ1v) is 21.3. The molecule has 1 amide bonds. The van der Waals surface area contributed by atoms with E-state index in [2.05, 4.69) is 51.5 Å². The number of carbonyl (C=O) groups excluding carboxylic acids is 1. The standard InChI is InChI=1S/C27H27F3N2O.C25H25F3N2/c1-20(33)32-16-15-31(19-24(32)17-21-7-3-2-4-8-21)18-22-11-13-23(14-12-22)25-9-5-6-10-26(25)27(28,29)30;26-25(27,28)24-9-5-4-8-23(24)21-12-10-20(11-13-21)17-30-15-14-29-22(18-30)16-19-6-2-1-3-7-19/h2-14,24H,15-19H2,1H3;1-13,22,29H,14-18H2/t24-;22-/m00/s1. The van der Waals surface area contributed by atoms with E-state index >= 15 is 0 Å². The minimum atomic E-state index is -4.39. The lowest BCUT2D eigenvalue weighted by Crippen LogP contribution is -2.55. The molecule has 2 heterocycles. The average Bonchev–Trinajstić information content (AvgIpc) is 3.27. The molecule has 2 atom stereocenters. The minimum absolute atomic E-state index is 0.0864.